The molecule has 150 valence electrons. The summed E-state index contributed by atoms with van der Waals surface area (Å²) in [6, 6.07) is 3.95. The number of aromatic amines is 1. The maximum atomic E-state index is 11.0. The Balaban J connectivity index is 2.26. The van der Waals surface area contributed by atoms with Crippen LogP contribution in [0.25, 0.3) is 22.6 Å². The van der Waals surface area contributed by atoms with Crippen LogP contribution in [-0.4, -0.2) is 31.6 Å². The smallest absolute Gasteiger partial charge is 0.243 e. The van der Waals surface area contributed by atoms with Crippen molar-refractivity contribution >= 4 is 11.2 Å². The molecule has 28 heavy (non-hydrogen) atoms. The zero-order chi connectivity index (χ0) is 20.7. The van der Waals surface area contributed by atoms with Crippen LogP contribution in [0.5, 0.6) is 11.6 Å². The van der Waals surface area contributed by atoms with Gasteiger partial charge in [-0.3, -0.25) is 0 Å². The molecule has 0 unspecified atom stereocenters. The molecular weight excluding hydrogens is 352 g/mol. The zero-order valence-corrected chi connectivity index (χ0v) is 17.8. The molecule has 2 N–H and O–H groups in total. The van der Waals surface area contributed by atoms with E-state index in [-0.39, 0.29) is 10.8 Å². The van der Waals surface area contributed by atoms with Crippen molar-refractivity contribution in [2.75, 3.05) is 6.61 Å². The number of H-pyrrole nitrogens is 1. The first-order chi connectivity index (χ1) is 13.0. The fraction of sp³-hybridized carbons (Fsp3) is 0.500. The molecule has 6 heteroatoms. The molecule has 0 saturated heterocycles. The van der Waals surface area contributed by atoms with E-state index in [1.54, 1.807) is 6.33 Å². The van der Waals surface area contributed by atoms with Crippen molar-refractivity contribution in [3.8, 4) is 23.0 Å². The minimum atomic E-state index is -0.224. The molecule has 0 radical (unpaired) electrons. The normalized spacial score (nSPS) is 12.5. The number of nitrogens with zero attached hydrogens (tertiary/aromatic N) is 3. The average Bonchev–Trinajstić information content (AvgIpc) is 3.06. The summed E-state index contributed by atoms with van der Waals surface area (Å²) < 4.78 is 5.84. The molecule has 2 heterocycles. The van der Waals surface area contributed by atoms with Gasteiger partial charge in [-0.2, -0.15) is 4.98 Å². The lowest BCUT2D eigenvalue weighted by Gasteiger charge is -2.28. The predicted octanol–water partition coefficient (Wildman–Crippen LogP) is 5.11. The molecule has 3 rings (SSSR count). The van der Waals surface area contributed by atoms with Crippen molar-refractivity contribution in [2.24, 2.45) is 0 Å². The van der Waals surface area contributed by atoms with Crippen LogP contribution in [0.15, 0.2) is 18.5 Å². The van der Waals surface area contributed by atoms with Gasteiger partial charge in [0.15, 0.2) is 11.5 Å². The van der Waals surface area contributed by atoms with Gasteiger partial charge in [0.1, 0.15) is 11.3 Å². The summed E-state index contributed by atoms with van der Waals surface area (Å²) in [6.07, 6.45) is 2.48. The fourth-order valence-electron chi connectivity index (χ4n) is 3.15. The Morgan fingerprint density at radius 2 is 1.61 bits per heavy atom. The Kier molecular flexibility index (Phi) is 5.08. The second-order valence-corrected chi connectivity index (χ2v) is 9.22. The number of ether oxygens (including phenoxy) is 1. The van der Waals surface area contributed by atoms with Crippen molar-refractivity contribution in [3.05, 3.63) is 29.6 Å². The third-order valence-corrected chi connectivity index (χ3v) is 4.68. The van der Waals surface area contributed by atoms with E-state index in [9.17, 15) is 5.11 Å². The Morgan fingerprint density at radius 3 is 2.14 bits per heavy atom. The number of hydrogen-bond acceptors (Lipinski definition) is 5. The van der Waals surface area contributed by atoms with E-state index in [1.807, 2.05) is 12.1 Å². The minimum absolute atomic E-state index is 0.224. The van der Waals surface area contributed by atoms with Crippen LogP contribution in [-0.2, 0) is 10.8 Å². The van der Waals surface area contributed by atoms with Gasteiger partial charge < -0.3 is 14.8 Å². The van der Waals surface area contributed by atoms with Gasteiger partial charge >= 0.3 is 0 Å². The molecular formula is C22H30N4O2. The molecule has 0 saturated carbocycles. The number of rotatable bonds is 4. The molecule has 0 fully saturated rings. The number of fused-ring (bicyclic) bond motifs is 1. The van der Waals surface area contributed by atoms with E-state index in [0.29, 0.717) is 35.2 Å². The van der Waals surface area contributed by atoms with Crippen molar-refractivity contribution in [2.45, 2.75) is 65.7 Å². The molecule has 0 aliphatic carbocycles. The van der Waals surface area contributed by atoms with Crippen LogP contribution in [0, 0.1) is 0 Å². The van der Waals surface area contributed by atoms with Gasteiger partial charge in [-0.25, -0.2) is 9.97 Å². The number of phenols is 1. The SMILES string of the molecule is CCCOc1nc(-c2cc(C(C)(C)C)c(O)c(C(C)(C)C)c2)nc2nc[nH]c12. The molecule has 0 spiro atoms. The van der Waals surface area contributed by atoms with E-state index in [0.717, 1.165) is 23.1 Å². The number of nitrogens with one attached hydrogen (secondary N) is 1. The van der Waals surface area contributed by atoms with E-state index in [1.165, 1.54) is 0 Å². The summed E-state index contributed by atoms with van der Waals surface area (Å²) in [5.74, 6) is 1.38. The summed E-state index contributed by atoms with van der Waals surface area (Å²) in [6.45, 7) is 15.2. The molecule has 0 aliphatic heterocycles. The van der Waals surface area contributed by atoms with Crippen LogP contribution in [0.1, 0.15) is 66.0 Å². The van der Waals surface area contributed by atoms with Gasteiger partial charge in [-0.1, -0.05) is 48.5 Å². The molecule has 0 amide bonds. The number of imidazole rings is 1. The average molecular weight is 383 g/mol. The van der Waals surface area contributed by atoms with E-state index >= 15 is 0 Å². The number of aromatic hydroxyl groups is 1. The third-order valence-electron chi connectivity index (χ3n) is 4.68. The van der Waals surface area contributed by atoms with Crippen LogP contribution >= 0.6 is 0 Å². The molecule has 6 nitrogen and oxygen atoms in total. The number of phenolic OH excluding ortho intramolecular Hbond substituents is 1. The van der Waals surface area contributed by atoms with E-state index in [2.05, 4.69) is 68.4 Å². The Labute approximate surface area is 166 Å². The van der Waals surface area contributed by atoms with Crippen molar-refractivity contribution in [1.82, 2.24) is 19.9 Å². The quantitative estimate of drug-likeness (QED) is 0.655. The van der Waals surface area contributed by atoms with Gasteiger partial charge in [0.25, 0.3) is 0 Å². The summed E-state index contributed by atoms with van der Waals surface area (Å²) in [4.78, 5) is 16.7. The maximum Gasteiger partial charge on any atom is 0.243 e. The second kappa shape index (κ2) is 7.08. The number of benzene rings is 1. The summed E-state index contributed by atoms with van der Waals surface area (Å²) in [5, 5.41) is 11.0. The highest BCUT2D eigenvalue weighted by atomic mass is 16.5. The van der Waals surface area contributed by atoms with Crippen molar-refractivity contribution < 1.29 is 9.84 Å². The van der Waals surface area contributed by atoms with Crippen LogP contribution in [0.2, 0.25) is 0 Å². The van der Waals surface area contributed by atoms with Gasteiger partial charge in [0.05, 0.1) is 12.9 Å². The summed E-state index contributed by atoms with van der Waals surface area (Å²) in [5.41, 5.74) is 3.41. The first kappa shape index (κ1) is 20.1. The van der Waals surface area contributed by atoms with E-state index in [4.69, 9.17) is 4.74 Å². The van der Waals surface area contributed by atoms with Gasteiger partial charge in [0.2, 0.25) is 5.88 Å². The highest BCUT2D eigenvalue weighted by molar-refractivity contribution is 5.78. The minimum Gasteiger partial charge on any atom is -0.507 e. The van der Waals surface area contributed by atoms with Crippen molar-refractivity contribution in [1.29, 1.82) is 0 Å². The van der Waals surface area contributed by atoms with Gasteiger partial charge in [-0.05, 0) is 29.4 Å². The molecule has 0 atom stereocenters. The lowest BCUT2D eigenvalue weighted by atomic mass is 9.78. The lowest BCUT2D eigenvalue weighted by Crippen LogP contribution is -2.17. The fourth-order valence-corrected chi connectivity index (χ4v) is 3.15. The zero-order valence-electron chi connectivity index (χ0n) is 17.8. The summed E-state index contributed by atoms with van der Waals surface area (Å²) >= 11 is 0. The van der Waals surface area contributed by atoms with Crippen molar-refractivity contribution in [3.63, 3.8) is 0 Å². The molecule has 0 aliphatic rings. The predicted molar refractivity (Wildman–Crippen MR) is 112 cm³/mol. The maximum absolute atomic E-state index is 11.0. The summed E-state index contributed by atoms with van der Waals surface area (Å²) in [7, 11) is 0. The Bertz CT molecular complexity index is 959. The molecule has 1 aromatic carbocycles. The third kappa shape index (κ3) is 3.81. The van der Waals surface area contributed by atoms with Crippen LogP contribution in [0.4, 0.5) is 0 Å². The first-order valence-electron chi connectivity index (χ1n) is 9.74. The highest BCUT2D eigenvalue weighted by Gasteiger charge is 2.27. The Hall–Kier alpha value is -2.63. The monoisotopic (exact) mass is 382 g/mol. The number of hydrogen-bond donors (Lipinski definition) is 2. The number of aromatic nitrogens is 4. The Morgan fingerprint density at radius 1 is 1.00 bits per heavy atom. The van der Waals surface area contributed by atoms with E-state index < -0.39 is 0 Å². The first-order valence-corrected chi connectivity index (χ1v) is 9.74. The van der Waals surface area contributed by atoms with Crippen LogP contribution < -0.4 is 4.74 Å². The lowest BCUT2D eigenvalue weighted by molar-refractivity contribution is 0.309. The largest absolute Gasteiger partial charge is 0.507 e. The second-order valence-electron chi connectivity index (χ2n) is 9.22. The molecule has 2 aromatic heterocycles. The van der Waals surface area contributed by atoms with Gasteiger partial charge in [-0.15, -0.1) is 0 Å². The molecule has 3 aromatic rings. The highest BCUT2D eigenvalue weighted by Crippen LogP contribution is 2.41. The standard InChI is InChI=1S/C22H30N4O2/c1-8-9-28-20-16-19(24-12-23-16)25-18(26-20)13-10-14(21(2,3)4)17(27)15(11-13)22(5,6)7/h10-12,27H,8-9H2,1-7H3,(H,23,24,25,26). The topological polar surface area (TPSA) is 83.9 Å². The van der Waals surface area contributed by atoms with Gasteiger partial charge in [0, 0.05) is 16.7 Å². The molecule has 0 bridgehead atoms. The van der Waals surface area contributed by atoms with Crippen LogP contribution in [0.3, 0.4) is 0 Å².